The zero-order valence-electron chi connectivity index (χ0n) is 15.4. The number of imidazole rings is 1. The van der Waals surface area contributed by atoms with Crippen LogP contribution in [-0.2, 0) is 13.0 Å². The van der Waals surface area contributed by atoms with E-state index in [9.17, 15) is 0 Å². The maximum absolute atomic E-state index is 6.27. The lowest BCUT2D eigenvalue weighted by atomic mass is 10.1. The number of nitrogens with two attached hydrogens (primary N) is 1. The van der Waals surface area contributed by atoms with Gasteiger partial charge < -0.3 is 10.3 Å². The molecule has 138 valence electrons. The largest absolute Gasteiger partial charge is 0.382 e. The molecular weight excluding hydrogens is 356 g/mol. The monoisotopic (exact) mass is 378 g/mol. The Kier molecular flexibility index (Phi) is 4.99. The van der Waals surface area contributed by atoms with Gasteiger partial charge in [0, 0.05) is 24.2 Å². The number of aryl methyl sites for hydroxylation is 1. The van der Waals surface area contributed by atoms with Gasteiger partial charge in [-0.25, -0.2) is 9.97 Å². The summed E-state index contributed by atoms with van der Waals surface area (Å²) in [6.07, 6.45) is 1.86. The number of aromatic nitrogens is 3. The number of nitrogens with zero attached hydrogens (tertiary/aromatic N) is 3. The summed E-state index contributed by atoms with van der Waals surface area (Å²) in [7, 11) is 0. The summed E-state index contributed by atoms with van der Waals surface area (Å²) in [5, 5.41) is 1.08. The molecule has 0 radical (unpaired) electrons. The van der Waals surface area contributed by atoms with Crippen molar-refractivity contribution in [3.8, 4) is 0 Å². The lowest BCUT2D eigenvalue weighted by Crippen LogP contribution is -2.08. The van der Waals surface area contributed by atoms with E-state index in [1.165, 1.54) is 5.56 Å². The van der Waals surface area contributed by atoms with Gasteiger partial charge in [0.25, 0.3) is 0 Å². The van der Waals surface area contributed by atoms with Gasteiger partial charge in [0.15, 0.2) is 5.82 Å². The van der Waals surface area contributed by atoms with Crippen LogP contribution in [-0.4, -0.2) is 20.4 Å². The van der Waals surface area contributed by atoms with Crippen LogP contribution in [0.25, 0.3) is 21.9 Å². The van der Waals surface area contributed by atoms with E-state index in [0.717, 1.165) is 47.1 Å². The molecule has 2 N–H and O–H groups in total. The molecule has 0 bridgehead atoms. The minimum atomic E-state index is 0.448. The van der Waals surface area contributed by atoms with Crippen LogP contribution in [0.2, 0.25) is 0 Å². The summed E-state index contributed by atoms with van der Waals surface area (Å²) in [5.41, 5.74) is 10.3. The fourth-order valence-corrected chi connectivity index (χ4v) is 3.64. The molecule has 2 aromatic heterocycles. The second-order valence-electron chi connectivity index (χ2n) is 7.11. The molecule has 0 aliphatic carbocycles. The normalized spacial score (nSPS) is 12.7. The third-order valence-corrected chi connectivity index (χ3v) is 5.52. The van der Waals surface area contributed by atoms with E-state index in [-0.39, 0.29) is 0 Å². The topological polar surface area (TPSA) is 56.7 Å². The molecular formula is C22H23ClN4. The molecule has 4 nitrogen and oxygen atoms in total. The molecule has 27 heavy (non-hydrogen) atoms. The Labute approximate surface area is 164 Å². The van der Waals surface area contributed by atoms with Crippen LogP contribution in [0.4, 0.5) is 5.82 Å². The summed E-state index contributed by atoms with van der Waals surface area (Å²) in [6.45, 7) is 2.93. The first-order valence-corrected chi connectivity index (χ1v) is 9.84. The molecule has 0 saturated carbocycles. The lowest BCUT2D eigenvalue weighted by Gasteiger charge is -2.12. The van der Waals surface area contributed by atoms with Gasteiger partial charge in [0.05, 0.1) is 11.0 Å². The first-order valence-electron chi connectivity index (χ1n) is 9.30. The minimum absolute atomic E-state index is 0.448. The minimum Gasteiger partial charge on any atom is -0.382 e. The average molecular weight is 379 g/mol. The predicted octanol–water partition coefficient (Wildman–Crippen LogP) is 5.02. The zero-order valence-corrected chi connectivity index (χ0v) is 16.2. The molecule has 4 aromatic rings. The number of halogens is 1. The van der Waals surface area contributed by atoms with Crippen molar-refractivity contribution >= 4 is 39.4 Å². The van der Waals surface area contributed by atoms with E-state index in [4.69, 9.17) is 22.3 Å². The van der Waals surface area contributed by atoms with Crippen molar-refractivity contribution in [2.45, 2.75) is 26.3 Å². The molecule has 0 amide bonds. The van der Waals surface area contributed by atoms with Crippen molar-refractivity contribution in [1.82, 2.24) is 14.5 Å². The standard InChI is InChI=1S/C22H23ClN4/c1-15(13-23)11-12-19-26-20-21(27(19)14-16-7-3-2-4-8-16)17-9-5-6-10-18(17)25-22(20)24/h2-10,15H,11-14H2,1H3,(H2,24,25). The second-order valence-corrected chi connectivity index (χ2v) is 7.42. The highest BCUT2D eigenvalue weighted by Gasteiger charge is 2.18. The van der Waals surface area contributed by atoms with Gasteiger partial charge in [-0.1, -0.05) is 55.5 Å². The fourth-order valence-electron chi connectivity index (χ4n) is 3.48. The molecule has 0 fully saturated rings. The average Bonchev–Trinajstić information content (AvgIpc) is 3.06. The summed E-state index contributed by atoms with van der Waals surface area (Å²) in [5.74, 6) is 2.63. The fraction of sp³-hybridized carbons (Fsp3) is 0.273. The third-order valence-electron chi connectivity index (χ3n) is 5.00. The van der Waals surface area contributed by atoms with E-state index in [1.54, 1.807) is 0 Å². The predicted molar refractivity (Wildman–Crippen MR) is 113 cm³/mol. The van der Waals surface area contributed by atoms with Crippen molar-refractivity contribution in [3.05, 3.63) is 66.0 Å². The van der Waals surface area contributed by atoms with Crippen LogP contribution in [0.15, 0.2) is 54.6 Å². The Balaban J connectivity index is 1.91. The number of fused-ring (bicyclic) bond motifs is 3. The van der Waals surface area contributed by atoms with Crippen molar-refractivity contribution < 1.29 is 0 Å². The highest BCUT2D eigenvalue weighted by atomic mass is 35.5. The van der Waals surface area contributed by atoms with Crippen molar-refractivity contribution in [1.29, 1.82) is 0 Å². The van der Waals surface area contributed by atoms with Crippen molar-refractivity contribution in [2.24, 2.45) is 5.92 Å². The number of para-hydroxylation sites is 1. The molecule has 1 unspecified atom stereocenters. The summed E-state index contributed by atoms with van der Waals surface area (Å²) >= 11 is 6.01. The van der Waals surface area contributed by atoms with Gasteiger partial charge in [0.1, 0.15) is 11.3 Å². The van der Waals surface area contributed by atoms with E-state index < -0.39 is 0 Å². The number of rotatable bonds is 6. The summed E-state index contributed by atoms with van der Waals surface area (Å²) < 4.78 is 2.30. The highest BCUT2D eigenvalue weighted by molar-refractivity contribution is 6.18. The SMILES string of the molecule is CC(CCl)CCc1nc2c(N)nc3ccccc3c2n1Cc1ccccc1. The van der Waals surface area contributed by atoms with E-state index in [2.05, 4.69) is 46.8 Å². The number of nitrogen functional groups attached to an aromatic ring is 1. The molecule has 2 aromatic carbocycles. The number of benzene rings is 2. The zero-order chi connectivity index (χ0) is 18.8. The Morgan fingerprint density at radius 1 is 1.04 bits per heavy atom. The number of hydrogen-bond donors (Lipinski definition) is 1. The Hall–Kier alpha value is -2.59. The maximum atomic E-state index is 6.27. The molecule has 4 rings (SSSR count). The molecule has 1 atom stereocenters. The molecule has 0 aliphatic heterocycles. The van der Waals surface area contributed by atoms with Gasteiger partial charge >= 0.3 is 0 Å². The highest BCUT2D eigenvalue weighted by Crippen LogP contribution is 2.30. The number of anilines is 1. The van der Waals surface area contributed by atoms with Crippen LogP contribution >= 0.6 is 11.6 Å². The number of pyridine rings is 1. The van der Waals surface area contributed by atoms with Crippen molar-refractivity contribution in [3.63, 3.8) is 0 Å². The first-order chi connectivity index (χ1) is 13.2. The van der Waals surface area contributed by atoms with Crippen LogP contribution in [0.1, 0.15) is 24.7 Å². The van der Waals surface area contributed by atoms with Gasteiger partial charge in [-0.3, -0.25) is 0 Å². The smallest absolute Gasteiger partial charge is 0.152 e. The third kappa shape index (κ3) is 3.50. The molecule has 5 heteroatoms. The van der Waals surface area contributed by atoms with Crippen LogP contribution in [0, 0.1) is 5.92 Å². The first kappa shape index (κ1) is 17.8. The van der Waals surface area contributed by atoms with Gasteiger partial charge in [-0.15, -0.1) is 11.6 Å². The van der Waals surface area contributed by atoms with E-state index in [0.29, 0.717) is 17.6 Å². The molecule has 0 saturated heterocycles. The summed E-state index contributed by atoms with van der Waals surface area (Å²) in [6, 6.07) is 18.6. The number of alkyl halides is 1. The Morgan fingerprint density at radius 2 is 1.78 bits per heavy atom. The van der Waals surface area contributed by atoms with Crippen molar-refractivity contribution in [2.75, 3.05) is 11.6 Å². The Bertz CT molecular complexity index is 1070. The Morgan fingerprint density at radius 3 is 2.56 bits per heavy atom. The summed E-state index contributed by atoms with van der Waals surface area (Å²) in [4.78, 5) is 9.45. The molecule has 0 aliphatic rings. The maximum Gasteiger partial charge on any atom is 0.152 e. The van der Waals surface area contributed by atoms with Gasteiger partial charge in [-0.05, 0) is 24.0 Å². The van der Waals surface area contributed by atoms with Crippen LogP contribution in [0.3, 0.4) is 0 Å². The van der Waals surface area contributed by atoms with Gasteiger partial charge in [0.2, 0.25) is 0 Å². The lowest BCUT2D eigenvalue weighted by molar-refractivity contribution is 0.568. The quantitative estimate of drug-likeness (QED) is 0.479. The van der Waals surface area contributed by atoms with Gasteiger partial charge in [-0.2, -0.15) is 0 Å². The second kappa shape index (κ2) is 7.57. The van der Waals surface area contributed by atoms with E-state index in [1.807, 2.05) is 24.3 Å². The van der Waals surface area contributed by atoms with Crippen LogP contribution in [0.5, 0.6) is 0 Å². The van der Waals surface area contributed by atoms with Crippen LogP contribution < -0.4 is 5.73 Å². The molecule has 0 spiro atoms. The number of hydrogen-bond acceptors (Lipinski definition) is 3. The van der Waals surface area contributed by atoms with E-state index >= 15 is 0 Å². The molecule has 2 heterocycles.